The highest BCUT2D eigenvalue weighted by Crippen LogP contribution is 2.31. The van der Waals surface area contributed by atoms with Crippen LogP contribution in [0.5, 0.6) is 5.88 Å². The average Bonchev–Trinajstić information content (AvgIpc) is 2.95. The zero-order chi connectivity index (χ0) is 27.2. The third-order valence-electron chi connectivity index (χ3n) is 7.38. The van der Waals surface area contributed by atoms with Crippen molar-refractivity contribution in [2.24, 2.45) is 0 Å². The second-order valence-electron chi connectivity index (χ2n) is 10.1. The fourth-order valence-corrected chi connectivity index (χ4v) is 5.18. The van der Waals surface area contributed by atoms with Gasteiger partial charge in [0.15, 0.2) is 0 Å². The van der Waals surface area contributed by atoms with Gasteiger partial charge >= 0.3 is 6.18 Å². The molecule has 2 heterocycles. The lowest BCUT2D eigenvalue weighted by Gasteiger charge is -2.34. The molecular formula is C29H31F3N6O. The van der Waals surface area contributed by atoms with Crippen LogP contribution in [0, 0.1) is 11.3 Å². The van der Waals surface area contributed by atoms with E-state index in [9.17, 15) is 13.2 Å². The zero-order valence-electron chi connectivity index (χ0n) is 21.5. The van der Waals surface area contributed by atoms with E-state index in [0.717, 1.165) is 75.3 Å². The van der Waals surface area contributed by atoms with Crippen LogP contribution in [0.2, 0.25) is 0 Å². The first-order valence-electron chi connectivity index (χ1n) is 13.3. The van der Waals surface area contributed by atoms with Crippen LogP contribution in [-0.4, -0.2) is 41.2 Å². The number of anilines is 3. The van der Waals surface area contributed by atoms with Gasteiger partial charge in [-0.05, 0) is 87.1 Å². The predicted octanol–water partition coefficient (Wildman–Crippen LogP) is 6.25. The number of hydrogen-bond donors (Lipinski definition) is 2. The highest BCUT2D eigenvalue weighted by molar-refractivity contribution is 5.48. The summed E-state index contributed by atoms with van der Waals surface area (Å²) in [6, 6.07) is 17.3. The van der Waals surface area contributed by atoms with Crippen LogP contribution < -0.4 is 20.3 Å². The summed E-state index contributed by atoms with van der Waals surface area (Å²) >= 11 is 0. The molecule has 0 radical (unpaired) electrons. The highest BCUT2D eigenvalue weighted by atomic mass is 19.4. The summed E-state index contributed by atoms with van der Waals surface area (Å²) in [6.07, 6.45) is 2.83. The van der Waals surface area contributed by atoms with Crippen molar-refractivity contribution < 1.29 is 17.9 Å². The van der Waals surface area contributed by atoms with E-state index in [-0.39, 0.29) is 12.1 Å². The number of ether oxygens (including phenoxy) is 1. The number of rotatable bonds is 7. The summed E-state index contributed by atoms with van der Waals surface area (Å²) in [7, 11) is 0. The molecule has 0 atom stereocenters. The molecule has 0 spiro atoms. The molecule has 1 aliphatic heterocycles. The Balaban J connectivity index is 1.07. The number of halogens is 3. The standard InChI is InChI=1S/C29H31F3N6O/c30-29(31,32)21-3-7-23(8-4-21)37-25-13-15-38(16-14-25)27-17-28(35-19-34-27)39-26-11-9-24(10-12-26)36-22-5-1-20(18-33)2-6-22/h1-8,17,19,24-26,36-37H,9-16H2. The second kappa shape index (κ2) is 11.8. The Kier molecular flexibility index (Phi) is 8.05. The van der Waals surface area contributed by atoms with Crippen molar-refractivity contribution in [3.63, 3.8) is 0 Å². The number of nitriles is 1. The molecule has 1 saturated carbocycles. The van der Waals surface area contributed by atoms with E-state index in [1.807, 2.05) is 30.3 Å². The van der Waals surface area contributed by atoms with Gasteiger partial charge in [-0.3, -0.25) is 0 Å². The molecular weight excluding hydrogens is 505 g/mol. The van der Waals surface area contributed by atoms with Crippen molar-refractivity contribution in [2.75, 3.05) is 28.6 Å². The molecule has 10 heteroatoms. The maximum atomic E-state index is 12.8. The first-order valence-corrected chi connectivity index (χ1v) is 13.3. The maximum Gasteiger partial charge on any atom is 0.416 e. The molecule has 1 aromatic heterocycles. The Hall–Kier alpha value is -4.00. The third kappa shape index (κ3) is 7.11. The SMILES string of the molecule is N#Cc1ccc(NC2CCC(Oc3cc(N4CCC(Nc5ccc(C(F)(F)F)cc5)CC4)ncn3)CC2)cc1. The van der Waals surface area contributed by atoms with Crippen molar-refractivity contribution >= 4 is 17.2 Å². The summed E-state index contributed by atoms with van der Waals surface area (Å²) in [5.74, 6) is 1.40. The molecule has 1 saturated heterocycles. The summed E-state index contributed by atoms with van der Waals surface area (Å²) < 4.78 is 44.6. The largest absolute Gasteiger partial charge is 0.474 e. The summed E-state index contributed by atoms with van der Waals surface area (Å²) in [5, 5.41) is 15.9. The molecule has 2 N–H and O–H groups in total. The minimum atomic E-state index is -4.33. The molecule has 39 heavy (non-hydrogen) atoms. The van der Waals surface area contributed by atoms with E-state index in [4.69, 9.17) is 10.00 Å². The molecule has 7 nitrogen and oxygen atoms in total. The van der Waals surface area contributed by atoms with Crippen LogP contribution in [0.1, 0.15) is 49.7 Å². The van der Waals surface area contributed by atoms with E-state index < -0.39 is 11.7 Å². The molecule has 5 rings (SSSR count). The molecule has 2 aliphatic rings. The topological polar surface area (TPSA) is 86.1 Å². The first kappa shape index (κ1) is 26.6. The molecule has 0 unspecified atom stereocenters. The van der Waals surface area contributed by atoms with Gasteiger partial charge in [0.25, 0.3) is 0 Å². The van der Waals surface area contributed by atoms with Crippen LogP contribution in [-0.2, 0) is 6.18 Å². The molecule has 2 fully saturated rings. The van der Waals surface area contributed by atoms with Gasteiger partial charge in [0.05, 0.1) is 17.2 Å². The number of aromatic nitrogens is 2. The van der Waals surface area contributed by atoms with Crippen LogP contribution in [0.15, 0.2) is 60.9 Å². The van der Waals surface area contributed by atoms with E-state index in [0.29, 0.717) is 23.2 Å². The third-order valence-corrected chi connectivity index (χ3v) is 7.38. The van der Waals surface area contributed by atoms with Crippen molar-refractivity contribution in [1.29, 1.82) is 5.26 Å². The van der Waals surface area contributed by atoms with Gasteiger partial charge in [-0.15, -0.1) is 0 Å². The van der Waals surface area contributed by atoms with Crippen LogP contribution in [0.25, 0.3) is 0 Å². The van der Waals surface area contributed by atoms with Gasteiger partial charge in [0.2, 0.25) is 5.88 Å². The van der Waals surface area contributed by atoms with Crippen molar-refractivity contribution in [3.05, 3.63) is 72.1 Å². The van der Waals surface area contributed by atoms with Crippen LogP contribution >= 0.6 is 0 Å². The van der Waals surface area contributed by atoms with Gasteiger partial charge in [-0.25, -0.2) is 9.97 Å². The zero-order valence-corrected chi connectivity index (χ0v) is 21.5. The van der Waals surface area contributed by atoms with Crippen LogP contribution in [0.4, 0.5) is 30.4 Å². The van der Waals surface area contributed by atoms with Gasteiger partial charge in [-0.2, -0.15) is 18.4 Å². The number of piperidine rings is 1. The number of nitrogens with zero attached hydrogens (tertiary/aromatic N) is 4. The fraction of sp³-hybridized carbons (Fsp3) is 0.414. The van der Waals surface area contributed by atoms with Crippen molar-refractivity contribution in [1.82, 2.24) is 9.97 Å². The second-order valence-corrected chi connectivity index (χ2v) is 10.1. The first-order chi connectivity index (χ1) is 18.9. The Morgan fingerprint density at radius 3 is 2.00 bits per heavy atom. The lowest BCUT2D eigenvalue weighted by molar-refractivity contribution is -0.137. The van der Waals surface area contributed by atoms with Crippen LogP contribution in [0.3, 0.4) is 0 Å². The quantitative estimate of drug-likeness (QED) is 0.369. The Morgan fingerprint density at radius 2 is 1.41 bits per heavy atom. The molecule has 3 aromatic rings. The van der Waals surface area contributed by atoms with Gasteiger partial charge in [0, 0.05) is 42.6 Å². The lowest BCUT2D eigenvalue weighted by atomic mass is 9.92. The van der Waals surface area contributed by atoms with E-state index in [1.54, 1.807) is 0 Å². The average molecular weight is 537 g/mol. The lowest BCUT2D eigenvalue weighted by Crippen LogP contribution is -2.39. The van der Waals surface area contributed by atoms with E-state index in [1.165, 1.54) is 18.5 Å². The van der Waals surface area contributed by atoms with Crippen molar-refractivity contribution in [3.8, 4) is 11.9 Å². The Bertz CT molecular complexity index is 1260. The van der Waals surface area contributed by atoms with Crippen molar-refractivity contribution in [2.45, 2.75) is 62.9 Å². The maximum absolute atomic E-state index is 12.8. The summed E-state index contributed by atoms with van der Waals surface area (Å²) in [4.78, 5) is 11.0. The van der Waals surface area contributed by atoms with Gasteiger partial charge in [0.1, 0.15) is 18.2 Å². The Labute approximate surface area is 226 Å². The Morgan fingerprint density at radius 1 is 0.821 bits per heavy atom. The number of nitrogens with one attached hydrogen (secondary N) is 2. The molecule has 0 amide bonds. The predicted molar refractivity (Wildman–Crippen MR) is 144 cm³/mol. The number of alkyl halides is 3. The van der Waals surface area contributed by atoms with E-state index in [2.05, 4.69) is 31.6 Å². The highest BCUT2D eigenvalue weighted by Gasteiger charge is 2.30. The van der Waals surface area contributed by atoms with Gasteiger partial charge < -0.3 is 20.3 Å². The fourth-order valence-electron chi connectivity index (χ4n) is 5.18. The molecule has 204 valence electrons. The normalized spacial score (nSPS) is 20.2. The van der Waals surface area contributed by atoms with E-state index >= 15 is 0 Å². The minimum Gasteiger partial charge on any atom is -0.474 e. The smallest absolute Gasteiger partial charge is 0.416 e. The molecule has 1 aliphatic carbocycles. The minimum absolute atomic E-state index is 0.102. The van der Waals surface area contributed by atoms with Gasteiger partial charge in [-0.1, -0.05) is 0 Å². The molecule has 0 bridgehead atoms. The number of hydrogen-bond acceptors (Lipinski definition) is 7. The summed E-state index contributed by atoms with van der Waals surface area (Å²) in [6.45, 7) is 1.56. The number of benzene rings is 2. The molecule has 2 aromatic carbocycles. The summed E-state index contributed by atoms with van der Waals surface area (Å²) in [5.41, 5.74) is 1.73. The monoisotopic (exact) mass is 536 g/mol.